The maximum Gasteiger partial charge on any atom is 0.223 e. The van der Waals surface area contributed by atoms with E-state index in [-0.39, 0.29) is 18.9 Å². The van der Waals surface area contributed by atoms with Gasteiger partial charge in [0, 0.05) is 5.02 Å². The van der Waals surface area contributed by atoms with Crippen molar-refractivity contribution < 1.29 is 15.0 Å². The Hall–Kier alpha value is -1.88. The van der Waals surface area contributed by atoms with Gasteiger partial charge in [0.1, 0.15) is 5.60 Å². The van der Waals surface area contributed by atoms with Crippen molar-refractivity contribution in [2.75, 3.05) is 6.54 Å². The fraction of sp³-hybridized carbons (Fsp3) is 0.316. The van der Waals surface area contributed by atoms with Crippen LogP contribution in [0.1, 0.15) is 35.6 Å². The molecule has 0 aromatic heterocycles. The quantitative estimate of drug-likeness (QED) is 0.780. The Balaban J connectivity index is 1.57. The van der Waals surface area contributed by atoms with Crippen LogP contribution < -0.4 is 5.32 Å². The molecule has 0 saturated heterocycles. The van der Waals surface area contributed by atoms with Crippen LogP contribution in [-0.2, 0) is 16.8 Å². The summed E-state index contributed by atoms with van der Waals surface area (Å²) in [7, 11) is 0. The highest BCUT2D eigenvalue weighted by Crippen LogP contribution is 2.36. The van der Waals surface area contributed by atoms with Gasteiger partial charge in [0.2, 0.25) is 5.91 Å². The van der Waals surface area contributed by atoms with Crippen LogP contribution in [0.3, 0.4) is 0 Å². The number of hydrogen-bond donors (Lipinski definition) is 3. The number of halogens is 1. The van der Waals surface area contributed by atoms with Crippen molar-refractivity contribution in [1.29, 1.82) is 0 Å². The van der Waals surface area contributed by atoms with Crippen LogP contribution in [-0.4, -0.2) is 22.7 Å². The summed E-state index contributed by atoms with van der Waals surface area (Å²) in [5.74, 6) is -0.296. The van der Waals surface area contributed by atoms with E-state index >= 15 is 0 Å². The van der Waals surface area contributed by atoms with Crippen LogP contribution in [0.25, 0.3) is 0 Å². The lowest BCUT2D eigenvalue weighted by Crippen LogP contribution is -2.39. The van der Waals surface area contributed by atoms with E-state index in [9.17, 15) is 15.0 Å². The maximum atomic E-state index is 12.1. The number of carbonyl (C=O) groups excluding carboxylic acids is 1. The van der Waals surface area contributed by atoms with Gasteiger partial charge in [0.15, 0.2) is 0 Å². The number of aryl methyl sites for hydroxylation is 1. The summed E-state index contributed by atoms with van der Waals surface area (Å²) < 4.78 is 0. The molecule has 0 fully saturated rings. The third-order valence-electron chi connectivity index (χ3n) is 4.54. The third kappa shape index (κ3) is 3.61. The van der Waals surface area contributed by atoms with Gasteiger partial charge in [0.05, 0.1) is 19.1 Å². The Morgan fingerprint density at radius 3 is 2.67 bits per heavy atom. The van der Waals surface area contributed by atoms with Gasteiger partial charge in [-0.1, -0.05) is 48.0 Å². The molecule has 3 N–H and O–H groups in total. The second-order valence-electron chi connectivity index (χ2n) is 6.24. The summed E-state index contributed by atoms with van der Waals surface area (Å²) in [6.07, 6.45) is 0.439. The smallest absolute Gasteiger partial charge is 0.223 e. The van der Waals surface area contributed by atoms with Crippen LogP contribution in [0.5, 0.6) is 0 Å². The van der Waals surface area contributed by atoms with Crippen LogP contribution in [0.2, 0.25) is 5.02 Å². The van der Waals surface area contributed by atoms with E-state index < -0.39 is 11.7 Å². The number of hydrogen-bond acceptors (Lipinski definition) is 3. The average Bonchev–Trinajstić information content (AvgIpc) is 2.92. The molecule has 2 aromatic rings. The number of carbonyl (C=O) groups is 1. The number of aliphatic hydroxyl groups is 2. The van der Waals surface area contributed by atoms with Crippen LogP contribution in [0.15, 0.2) is 48.5 Å². The molecule has 4 nitrogen and oxygen atoms in total. The van der Waals surface area contributed by atoms with E-state index in [4.69, 9.17) is 11.6 Å². The second-order valence-corrected chi connectivity index (χ2v) is 6.67. The Bertz CT molecular complexity index is 732. The Kier molecular flexibility index (Phi) is 4.90. The van der Waals surface area contributed by atoms with Crippen LogP contribution >= 0.6 is 11.6 Å². The van der Waals surface area contributed by atoms with Gasteiger partial charge in [-0.15, -0.1) is 0 Å². The van der Waals surface area contributed by atoms with Gasteiger partial charge in [-0.2, -0.15) is 0 Å². The minimum atomic E-state index is -1.03. The first-order valence-electron chi connectivity index (χ1n) is 7.99. The molecule has 0 saturated carbocycles. The molecule has 0 spiro atoms. The Labute approximate surface area is 146 Å². The molecule has 0 bridgehead atoms. The van der Waals surface area contributed by atoms with E-state index in [0.29, 0.717) is 17.0 Å². The molecule has 2 unspecified atom stereocenters. The monoisotopic (exact) mass is 345 g/mol. The summed E-state index contributed by atoms with van der Waals surface area (Å²) in [6, 6.07) is 14.5. The lowest BCUT2D eigenvalue weighted by Gasteiger charge is -2.24. The number of nitrogens with one attached hydrogen (secondary N) is 1. The van der Waals surface area contributed by atoms with Gasteiger partial charge in [-0.3, -0.25) is 4.79 Å². The first-order valence-corrected chi connectivity index (χ1v) is 8.37. The van der Waals surface area contributed by atoms with Crippen molar-refractivity contribution in [1.82, 2.24) is 5.32 Å². The summed E-state index contributed by atoms with van der Waals surface area (Å²) >= 11 is 5.81. The standard InChI is InChI=1S/C19H20ClNO3/c20-15-7-5-14(6-8-15)17(22)11-18(23)21-12-19(24)10-9-13-3-1-2-4-16(13)19/h1-8,17,22,24H,9-12H2,(H,21,23). The minimum absolute atomic E-state index is 0.0562. The van der Waals surface area contributed by atoms with Crippen molar-refractivity contribution in [3.8, 4) is 0 Å². The molecule has 0 radical (unpaired) electrons. The highest BCUT2D eigenvalue weighted by atomic mass is 35.5. The van der Waals surface area contributed by atoms with E-state index in [1.54, 1.807) is 24.3 Å². The first kappa shape index (κ1) is 17.0. The zero-order valence-electron chi connectivity index (χ0n) is 13.2. The van der Waals surface area contributed by atoms with E-state index in [0.717, 1.165) is 17.5 Å². The molecule has 2 atom stereocenters. The Morgan fingerprint density at radius 1 is 1.21 bits per heavy atom. The zero-order valence-corrected chi connectivity index (χ0v) is 14.0. The molecule has 5 heteroatoms. The minimum Gasteiger partial charge on any atom is -0.388 e. The van der Waals surface area contributed by atoms with Crippen molar-refractivity contribution >= 4 is 17.5 Å². The number of aliphatic hydroxyl groups excluding tert-OH is 1. The number of rotatable bonds is 5. The SMILES string of the molecule is O=C(CC(O)c1ccc(Cl)cc1)NCC1(O)CCc2ccccc21. The summed E-state index contributed by atoms with van der Waals surface area (Å²) in [5, 5.41) is 24.2. The lowest BCUT2D eigenvalue weighted by molar-refractivity contribution is -0.124. The molecular formula is C19H20ClNO3. The number of amides is 1. The van der Waals surface area contributed by atoms with Gasteiger partial charge < -0.3 is 15.5 Å². The van der Waals surface area contributed by atoms with Gasteiger partial charge >= 0.3 is 0 Å². The van der Waals surface area contributed by atoms with Crippen LogP contribution in [0, 0.1) is 0 Å². The molecule has 24 heavy (non-hydrogen) atoms. The summed E-state index contributed by atoms with van der Waals surface area (Å²) in [5.41, 5.74) is 1.61. The highest BCUT2D eigenvalue weighted by molar-refractivity contribution is 6.30. The van der Waals surface area contributed by atoms with Crippen molar-refractivity contribution in [3.63, 3.8) is 0 Å². The molecule has 0 heterocycles. The maximum absolute atomic E-state index is 12.1. The summed E-state index contributed by atoms with van der Waals surface area (Å²) in [6.45, 7) is 0.149. The molecule has 2 aromatic carbocycles. The predicted octanol–water partition coefficient (Wildman–Crippen LogP) is 2.71. The molecule has 0 aliphatic heterocycles. The topological polar surface area (TPSA) is 69.6 Å². The number of fused-ring (bicyclic) bond motifs is 1. The van der Waals surface area contributed by atoms with Crippen molar-refractivity contribution in [3.05, 3.63) is 70.2 Å². The van der Waals surface area contributed by atoms with E-state index in [1.165, 1.54) is 0 Å². The van der Waals surface area contributed by atoms with Crippen LogP contribution in [0.4, 0.5) is 0 Å². The van der Waals surface area contributed by atoms with E-state index in [2.05, 4.69) is 5.32 Å². The second kappa shape index (κ2) is 6.93. The fourth-order valence-electron chi connectivity index (χ4n) is 3.15. The predicted molar refractivity (Wildman–Crippen MR) is 92.7 cm³/mol. The van der Waals surface area contributed by atoms with E-state index in [1.807, 2.05) is 24.3 Å². The lowest BCUT2D eigenvalue weighted by atomic mass is 9.96. The zero-order chi connectivity index (χ0) is 17.2. The van der Waals surface area contributed by atoms with Gasteiger partial charge in [0.25, 0.3) is 0 Å². The molecule has 126 valence electrons. The highest BCUT2D eigenvalue weighted by Gasteiger charge is 2.36. The normalized spacial score (nSPS) is 20.5. The summed E-state index contributed by atoms with van der Waals surface area (Å²) in [4.78, 5) is 12.1. The molecule has 1 aliphatic rings. The molecule has 1 aliphatic carbocycles. The largest absolute Gasteiger partial charge is 0.388 e. The Morgan fingerprint density at radius 2 is 1.92 bits per heavy atom. The van der Waals surface area contributed by atoms with Gasteiger partial charge in [-0.05, 0) is 41.7 Å². The molecule has 1 amide bonds. The van der Waals surface area contributed by atoms with Crippen molar-refractivity contribution in [2.24, 2.45) is 0 Å². The first-order chi connectivity index (χ1) is 11.5. The van der Waals surface area contributed by atoms with Crippen molar-refractivity contribution in [2.45, 2.75) is 31.0 Å². The molecule has 3 rings (SSSR count). The average molecular weight is 346 g/mol. The fourth-order valence-corrected chi connectivity index (χ4v) is 3.27. The third-order valence-corrected chi connectivity index (χ3v) is 4.79. The number of benzene rings is 2. The molecular weight excluding hydrogens is 326 g/mol. The van der Waals surface area contributed by atoms with Gasteiger partial charge in [-0.25, -0.2) is 0 Å².